The number of likely N-dealkylation sites (tertiary alicyclic amines) is 1. The van der Waals surface area contributed by atoms with Crippen molar-refractivity contribution in [3.8, 4) is 5.75 Å². The molecule has 2 aliphatic rings. The molecule has 4 rings (SSSR count). The molecule has 5 nitrogen and oxygen atoms in total. The van der Waals surface area contributed by atoms with Crippen LogP contribution >= 0.6 is 0 Å². The van der Waals surface area contributed by atoms with Crippen molar-refractivity contribution >= 4 is 17.8 Å². The first-order valence-corrected chi connectivity index (χ1v) is 11.4. The molecule has 2 aromatic carbocycles. The smallest absolute Gasteiger partial charge is 0.217 e. The molecule has 0 aliphatic carbocycles. The van der Waals surface area contributed by atoms with E-state index in [-0.39, 0.29) is 23.3 Å². The van der Waals surface area contributed by atoms with Crippen LogP contribution in [0.2, 0.25) is 0 Å². The number of piperidine rings is 1. The van der Waals surface area contributed by atoms with Gasteiger partial charge in [0, 0.05) is 44.0 Å². The van der Waals surface area contributed by atoms with Crippen LogP contribution in [0.5, 0.6) is 5.75 Å². The molecule has 0 saturated carbocycles. The molecule has 1 N–H and O–H groups in total. The van der Waals surface area contributed by atoms with Crippen LogP contribution in [0.15, 0.2) is 42.5 Å². The molecule has 0 bridgehead atoms. The second-order valence-electron chi connectivity index (χ2n) is 9.22. The SMILES string of the molecule is CC(=O)NC(C)c1ccc(C(=O)CN2CCC3(C=Cc4cc(C)c(C)cc4O3)CC2)cc1. The second-order valence-corrected chi connectivity index (χ2v) is 9.22. The molecule has 1 spiro atoms. The van der Waals surface area contributed by atoms with Crippen molar-refractivity contribution in [2.75, 3.05) is 19.6 Å². The molecule has 1 amide bonds. The van der Waals surface area contributed by atoms with E-state index in [1.807, 2.05) is 31.2 Å². The number of carbonyl (C=O) groups is 2. The number of amides is 1. The summed E-state index contributed by atoms with van der Waals surface area (Å²) in [6, 6.07) is 11.8. The van der Waals surface area contributed by atoms with E-state index in [2.05, 4.69) is 48.3 Å². The number of Topliss-reactive ketones (excluding diaryl/α,β-unsaturated/α-hetero) is 1. The van der Waals surface area contributed by atoms with Crippen LogP contribution in [0.25, 0.3) is 6.08 Å². The lowest BCUT2D eigenvalue weighted by molar-refractivity contribution is -0.119. The molecule has 1 unspecified atom stereocenters. The van der Waals surface area contributed by atoms with Gasteiger partial charge in [0.15, 0.2) is 5.78 Å². The predicted molar refractivity (Wildman–Crippen MR) is 127 cm³/mol. The number of aryl methyl sites for hydroxylation is 2. The Morgan fingerprint density at radius 3 is 2.41 bits per heavy atom. The van der Waals surface area contributed by atoms with Gasteiger partial charge in [0.1, 0.15) is 11.4 Å². The highest BCUT2D eigenvalue weighted by molar-refractivity contribution is 5.97. The normalized spacial score (nSPS) is 18.0. The lowest BCUT2D eigenvalue weighted by atomic mass is 9.87. The van der Waals surface area contributed by atoms with Gasteiger partial charge in [-0.15, -0.1) is 0 Å². The van der Waals surface area contributed by atoms with Gasteiger partial charge >= 0.3 is 0 Å². The summed E-state index contributed by atoms with van der Waals surface area (Å²) in [5.74, 6) is 1.02. The van der Waals surface area contributed by atoms with Gasteiger partial charge in [0.2, 0.25) is 5.91 Å². The Morgan fingerprint density at radius 2 is 1.75 bits per heavy atom. The van der Waals surface area contributed by atoms with E-state index >= 15 is 0 Å². The van der Waals surface area contributed by atoms with Gasteiger partial charge < -0.3 is 10.1 Å². The summed E-state index contributed by atoms with van der Waals surface area (Å²) in [6.45, 7) is 9.75. The van der Waals surface area contributed by atoms with Gasteiger partial charge in [0.25, 0.3) is 0 Å². The summed E-state index contributed by atoms with van der Waals surface area (Å²) in [4.78, 5) is 26.3. The minimum atomic E-state index is -0.268. The highest BCUT2D eigenvalue weighted by atomic mass is 16.5. The molecular formula is C27H32N2O3. The third-order valence-electron chi connectivity index (χ3n) is 6.73. The molecule has 0 radical (unpaired) electrons. The van der Waals surface area contributed by atoms with E-state index in [0.29, 0.717) is 12.1 Å². The average molecular weight is 433 g/mol. The Labute approximate surface area is 190 Å². The van der Waals surface area contributed by atoms with Gasteiger partial charge in [-0.2, -0.15) is 0 Å². The summed E-state index contributed by atoms with van der Waals surface area (Å²) >= 11 is 0. The zero-order valence-corrected chi connectivity index (χ0v) is 19.4. The lowest BCUT2D eigenvalue weighted by Crippen LogP contribution is -2.48. The summed E-state index contributed by atoms with van der Waals surface area (Å²) in [5.41, 5.74) is 5.10. The Kier molecular flexibility index (Phi) is 6.20. The Balaban J connectivity index is 1.34. The Hall–Kier alpha value is -2.92. The molecule has 2 aliphatic heterocycles. The fourth-order valence-corrected chi connectivity index (χ4v) is 4.52. The number of rotatable bonds is 5. The van der Waals surface area contributed by atoms with Crippen molar-refractivity contribution in [2.45, 2.75) is 52.2 Å². The monoisotopic (exact) mass is 432 g/mol. The molecule has 1 fully saturated rings. The molecule has 2 aromatic rings. The first-order chi connectivity index (χ1) is 15.2. The van der Waals surface area contributed by atoms with Gasteiger partial charge in [-0.3, -0.25) is 14.5 Å². The zero-order chi connectivity index (χ0) is 22.9. The average Bonchev–Trinajstić information content (AvgIpc) is 2.76. The standard InChI is InChI=1S/C27H32N2O3/c1-18-15-24-9-10-27(32-26(24)16-19(18)2)11-13-29(14-12-27)17-25(31)23-7-5-22(6-8-23)20(3)28-21(4)30/h5-10,15-16,20H,11-14,17H2,1-4H3,(H,28,30). The van der Waals surface area contributed by atoms with E-state index in [4.69, 9.17) is 4.74 Å². The maximum atomic E-state index is 12.8. The van der Waals surface area contributed by atoms with Crippen LogP contribution < -0.4 is 10.1 Å². The highest BCUT2D eigenvalue weighted by Crippen LogP contribution is 2.38. The zero-order valence-electron chi connectivity index (χ0n) is 19.4. The number of nitrogens with one attached hydrogen (secondary N) is 1. The molecule has 1 saturated heterocycles. The number of ketones is 1. The van der Waals surface area contributed by atoms with E-state index in [0.717, 1.165) is 42.8 Å². The second kappa shape index (κ2) is 8.91. The van der Waals surface area contributed by atoms with Crippen molar-refractivity contribution in [1.29, 1.82) is 0 Å². The first kappa shape index (κ1) is 22.3. The van der Waals surface area contributed by atoms with Crippen molar-refractivity contribution in [3.05, 3.63) is 70.3 Å². The molecule has 1 atom stereocenters. The van der Waals surface area contributed by atoms with E-state index in [9.17, 15) is 9.59 Å². The number of nitrogens with zero attached hydrogens (tertiary/aromatic N) is 1. The quantitative estimate of drug-likeness (QED) is 0.700. The number of fused-ring (bicyclic) bond motifs is 1. The van der Waals surface area contributed by atoms with Crippen molar-refractivity contribution < 1.29 is 14.3 Å². The van der Waals surface area contributed by atoms with Crippen LogP contribution in [0.3, 0.4) is 0 Å². The molecule has 168 valence electrons. The van der Waals surface area contributed by atoms with Crippen LogP contribution in [0.1, 0.15) is 65.3 Å². The number of carbonyl (C=O) groups excluding carboxylic acids is 2. The maximum absolute atomic E-state index is 12.8. The van der Waals surface area contributed by atoms with Crippen LogP contribution in [-0.4, -0.2) is 41.8 Å². The number of benzene rings is 2. The van der Waals surface area contributed by atoms with Gasteiger partial charge in [-0.25, -0.2) is 0 Å². The number of hydrogen-bond acceptors (Lipinski definition) is 4. The molecule has 5 heteroatoms. The summed E-state index contributed by atoms with van der Waals surface area (Å²) in [5, 5.41) is 2.86. The van der Waals surface area contributed by atoms with Crippen molar-refractivity contribution in [2.24, 2.45) is 0 Å². The highest BCUT2D eigenvalue weighted by Gasteiger charge is 2.37. The Bertz CT molecular complexity index is 1050. The minimum Gasteiger partial charge on any atom is -0.482 e. The largest absolute Gasteiger partial charge is 0.482 e. The van der Waals surface area contributed by atoms with Crippen molar-refractivity contribution in [3.63, 3.8) is 0 Å². The van der Waals surface area contributed by atoms with Crippen LogP contribution in [0.4, 0.5) is 0 Å². The third-order valence-corrected chi connectivity index (χ3v) is 6.73. The Morgan fingerprint density at radius 1 is 1.09 bits per heavy atom. The molecular weight excluding hydrogens is 400 g/mol. The van der Waals surface area contributed by atoms with Crippen molar-refractivity contribution in [1.82, 2.24) is 10.2 Å². The fourth-order valence-electron chi connectivity index (χ4n) is 4.52. The molecule has 32 heavy (non-hydrogen) atoms. The van der Waals surface area contributed by atoms with E-state index < -0.39 is 0 Å². The number of hydrogen-bond donors (Lipinski definition) is 1. The first-order valence-electron chi connectivity index (χ1n) is 11.4. The summed E-state index contributed by atoms with van der Waals surface area (Å²) in [7, 11) is 0. The van der Waals surface area contributed by atoms with Crippen LogP contribution in [0, 0.1) is 13.8 Å². The van der Waals surface area contributed by atoms with E-state index in [1.165, 1.54) is 18.1 Å². The molecule has 2 heterocycles. The summed E-state index contributed by atoms with van der Waals surface area (Å²) < 4.78 is 6.47. The topological polar surface area (TPSA) is 58.6 Å². The van der Waals surface area contributed by atoms with Crippen LogP contribution in [-0.2, 0) is 4.79 Å². The fraction of sp³-hybridized carbons (Fsp3) is 0.407. The minimum absolute atomic E-state index is 0.0638. The van der Waals surface area contributed by atoms with E-state index in [1.54, 1.807) is 0 Å². The lowest BCUT2D eigenvalue weighted by Gasteiger charge is -2.42. The predicted octanol–water partition coefficient (Wildman–Crippen LogP) is 4.62. The third kappa shape index (κ3) is 4.78. The van der Waals surface area contributed by atoms with Gasteiger partial charge in [0.05, 0.1) is 12.6 Å². The van der Waals surface area contributed by atoms with Gasteiger partial charge in [-0.1, -0.05) is 30.3 Å². The number of ether oxygens (including phenoxy) is 1. The summed E-state index contributed by atoms with van der Waals surface area (Å²) in [6.07, 6.45) is 6.14. The maximum Gasteiger partial charge on any atom is 0.217 e. The molecule has 0 aromatic heterocycles. The van der Waals surface area contributed by atoms with Gasteiger partial charge in [-0.05, 0) is 55.7 Å².